The minimum absolute atomic E-state index is 0.0597. The monoisotopic (exact) mass is 382 g/mol. The molecule has 1 atom stereocenters. The number of guanidine groups is 1. The second kappa shape index (κ2) is 10.3. The van der Waals surface area contributed by atoms with Crippen LogP contribution in [0.1, 0.15) is 50.0 Å². The first-order chi connectivity index (χ1) is 13.4. The van der Waals surface area contributed by atoms with Gasteiger partial charge in [0, 0.05) is 17.3 Å². The summed E-state index contributed by atoms with van der Waals surface area (Å²) in [7, 11) is 0. The fourth-order valence-electron chi connectivity index (χ4n) is 2.42. The van der Waals surface area contributed by atoms with Crippen LogP contribution in [0.15, 0.2) is 53.5 Å². The van der Waals surface area contributed by atoms with Crippen LogP contribution in [-0.2, 0) is 6.54 Å². The Morgan fingerprint density at radius 2 is 1.71 bits per heavy atom. The molecular formula is C22H30N4O2. The van der Waals surface area contributed by atoms with Gasteiger partial charge in [-0.25, -0.2) is 4.99 Å². The first kappa shape index (κ1) is 21.3. The van der Waals surface area contributed by atoms with Crippen molar-refractivity contribution in [3.8, 4) is 5.75 Å². The van der Waals surface area contributed by atoms with Crippen molar-refractivity contribution >= 4 is 17.6 Å². The van der Waals surface area contributed by atoms with Gasteiger partial charge in [0.2, 0.25) is 0 Å². The van der Waals surface area contributed by atoms with Crippen molar-refractivity contribution < 1.29 is 9.53 Å². The zero-order chi connectivity index (χ0) is 20.5. The molecule has 0 bridgehead atoms. The number of amides is 1. The average Bonchev–Trinajstić information content (AvgIpc) is 2.67. The van der Waals surface area contributed by atoms with Gasteiger partial charge in [-0.1, -0.05) is 19.1 Å². The number of ether oxygens (including phenoxy) is 1. The van der Waals surface area contributed by atoms with E-state index in [-0.39, 0.29) is 18.1 Å². The first-order valence-electron chi connectivity index (χ1n) is 9.60. The highest BCUT2D eigenvalue weighted by molar-refractivity contribution is 5.94. The number of nitrogens with two attached hydrogens (primary N) is 1. The number of anilines is 1. The molecule has 1 amide bonds. The number of nitrogens with one attached hydrogen (secondary N) is 2. The summed E-state index contributed by atoms with van der Waals surface area (Å²) in [6.45, 7) is 8.43. The fourth-order valence-corrected chi connectivity index (χ4v) is 2.42. The van der Waals surface area contributed by atoms with Crippen LogP contribution in [0.5, 0.6) is 5.75 Å². The second-order valence-corrected chi connectivity index (χ2v) is 7.00. The van der Waals surface area contributed by atoms with Crippen LogP contribution in [0.2, 0.25) is 0 Å². The summed E-state index contributed by atoms with van der Waals surface area (Å²) in [5.74, 6) is 1.08. The molecule has 0 aromatic heterocycles. The van der Waals surface area contributed by atoms with E-state index in [0.717, 1.165) is 23.4 Å². The quantitative estimate of drug-likeness (QED) is 0.477. The zero-order valence-electron chi connectivity index (χ0n) is 17.0. The Labute approximate surface area is 167 Å². The lowest BCUT2D eigenvalue weighted by molar-refractivity contribution is 0.0939. The molecule has 1 unspecified atom stereocenters. The molecule has 2 aromatic rings. The third-order valence-corrected chi connectivity index (χ3v) is 4.14. The van der Waals surface area contributed by atoms with Crippen LogP contribution in [0.3, 0.4) is 0 Å². The van der Waals surface area contributed by atoms with Gasteiger partial charge in [0.15, 0.2) is 5.96 Å². The molecule has 150 valence electrons. The number of aliphatic imine (C=N–C) groups is 1. The summed E-state index contributed by atoms with van der Waals surface area (Å²) in [6.07, 6.45) is 1.04. The number of benzene rings is 2. The second-order valence-electron chi connectivity index (χ2n) is 7.00. The molecule has 0 fully saturated rings. The van der Waals surface area contributed by atoms with Crippen molar-refractivity contribution in [3.63, 3.8) is 0 Å². The molecule has 0 aliphatic heterocycles. The molecule has 6 heteroatoms. The molecule has 0 spiro atoms. The van der Waals surface area contributed by atoms with E-state index >= 15 is 0 Å². The van der Waals surface area contributed by atoms with Crippen molar-refractivity contribution in [3.05, 3.63) is 59.7 Å². The summed E-state index contributed by atoms with van der Waals surface area (Å²) in [4.78, 5) is 16.4. The summed E-state index contributed by atoms with van der Waals surface area (Å²) in [5.41, 5.74) is 8.43. The van der Waals surface area contributed by atoms with Gasteiger partial charge in [0.25, 0.3) is 5.91 Å². The number of carbonyl (C=O) groups is 1. The van der Waals surface area contributed by atoms with Gasteiger partial charge in [-0.05, 0) is 69.2 Å². The highest BCUT2D eigenvalue weighted by Gasteiger charge is 2.08. The van der Waals surface area contributed by atoms with Crippen molar-refractivity contribution in [2.75, 3.05) is 5.32 Å². The fraction of sp³-hybridized carbons (Fsp3) is 0.364. The van der Waals surface area contributed by atoms with E-state index in [1.807, 2.05) is 64.1 Å². The lowest BCUT2D eigenvalue weighted by atomic mass is 10.1. The smallest absolute Gasteiger partial charge is 0.251 e. The summed E-state index contributed by atoms with van der Waals surface area (Å²) in [6, 6.07) is 15.1. The molecule has 28 heavy (non-hydrogen) atoms. The van der Waals surface area contributed by atoms with Crippen molar-refractivity contribution in [2.24, 2.45) is 10.7 Å². The van der Waals surface area contributed by atoms with E-state index in [1.54, 1.807) is 12.1 Å². The normalized spacial score (nSPS) is 12.5. The Morgan fingerprint density at radius 3 is 2.29 bits per heavy atom. The Morgan fingerprint density at radius 1 is 1.07 bits per heavy atom. The zero-order valence-corrected chi connectivity index (χ0v) is 17.0. The summed E-state index contributed by atoms with van der Waals surface area (Å²) in [5, 5.41) is 6.01. The largest absolute Gasteiger partial charge is 0.491 e. The van der Waals surface area contributed by atoms with Crippen LogP contribution < -0.4 is 21.1 Å². The van der Waals surface area contributed by atoms with Crippen LogP contribution in [0, 0.1) is 0 Å². The molecule has 2 rings (SSSR count). The third-order valence-electron chi connectivity index (χ3n) is 4.14. The van der Waals surface area contributed by atoms with Crippen LogP contribution in [-0.4, -0.2) is 24.0 Å². The minimum atomic E-state index is -0.0597. The van der Waals surface area contributed by atoms with E-state index < -0.39 is 0 Å². The SMILES string of the molecule is CCC(C)NC(=O)c1ccc(CN=C(N)Nc2ccc(OC(C)C)cc2)cc1. The molecular weight excluding hydrogens is 352 g/mol. The Balaban J connectivity index is 1.89. The van der Waals surface area contributed by atoms with Crippen LogP contribution in [0.4, 0.5) is 5.69 Å². The average molecular weight is 383 g/mol. The van der Waals surface area contributed by atoms with Crippen LogP contribution >= 0.6 is 0 Å². The minimum Gasteiger partial charge on any atom is -0.491 e. The van der Waals surface area contributed by atoms with Gasteiger partial charge in [-0.2, -0.15) is 0 Å². The first-order valence-corrected chi connectivity index (χ1v) is 9.60. The standard InChI is InChI=1S/C22H30N4O2/c1-5-16(4)25-21(27)18-8-6-17(7-9-18)14-24-22(23)26-19-10-12-20(13-11-19)28-15(2)3/h6-13,15-16H,5,14H2,1-4H3,(H,25,27)(H3,23,24,26). The van der Waals surface area contributed by atoms with Gasteiger partial charge in [0.05, 0.1) is 12.6 Å². The number of hydrogen-bond donors (Lipinski definition) is 3. The number of hydrogen-bond acceptors (Lipinski definition) is 3. The lowest BCUT2D eigenvalue weighted by Gasteiger charge is -2.11. The number of nitrogens with zero attached hydrogens (tertiary/aromatic N) is 1. The third kappa shape index (κ3) is 6.95. The number of carbonyl (C=O) groups excluding carboxylic acids is 1. The van der Waals surface area contributed by atoms with Gasteiger partial charge >= 0.3 is 0 Å². The molecule has 6 nitrogen and oxygen atoms in total. The lowest BCUT2D eigenvalue weighted by Crippen LogP contribution is -2.31. The molecule has 0 heterocycles. The summed E-state index contributed by atoms with van der Waals surface area (Å²) < 4.78 is 5.62. The van der Waals surface area contributed by atoms with Gasteiger partial charge in [0.1, 0.15) is 5.75 Å². The van der Waals surface area contributed by atoms with Gasteiger partial charge in [-0.3, -0.25) is 4.79 Å². The van der Waals surface area contributed by atoms with E-state index in [4.69, 9.17) is 10.5 Å². The maximum absolute atomic E-state index is 12.1. The van der Waals surface area contributed by atoms with E-state index in [0.29, 0.717) is 18.1 Å². The molecule has 0 aliphatic carbocycles. The van der Waals surface area contributed by atoms with Gasteiger partial charge in [-0.15, -0.1) is 0 Å². The van der Waals surface area contributed by atoms with Crippen molar-refractivity contribution in [2.45, 2.75) is 52.8 Å². The highest BCUT2D eigenvalue weighted by atomic mass is 16.5. The Kier molecular flexibility index (Phi) is 7.87. The van der Waals surface area contributed by atoms with E-state index in [2.05, 4.69) is 15.6 Å². The predicted molar refractivity (Wildman–Crippen MR) is 115 cm³/mol. The maximum Gasteiger partial charge on any atom is 0.251 e. The maximum atomic E-state index is 12.1. The number of rotatable bonds is 8. The van der Waals surface area contributed by atoms with Gasteiger partial charge < -0.3 is 21.1 Å². The topological polar surface area (TPSA) is 88.7 Å². The molecule has 4 N–H and O–H groups in total. The summed E-state index contributed by atoms with van der Waals surface area (Å²) >= 11 is 0. The Bertz CT molecular complexity index is 783. The van der Waals surface area contributed by atoms with Crippen molar-refractivity contribution in [1.29, 1.82) is 0 Å². The predicted octanol–water partition coefficient (Wildman–Crippen LogP) is 3.93. The molecule has 2 aromatic carbocycles. The van der Waals surface area contributed by atoms with E-state index in [1.165, 1.54) is 0 Å². The van der Waals surface area contributed by atoms with Crippen LogP contribution in [0.25, 0.3) is 0 Å². The highest BCUT2D eigenvalue weighted by Crippen LogP contribution is 2.16. The molecule has 0 saturated heterocycles. The van der Waals surface area contributed by atoms with E-state index in [9.17, 15) is 4.79 Å². The Hall–Kier alpha value is -3.02. The molecule has 0 aliphatic rings. The molecule has 0 saturated carbocycles. The molecule has 0 radical (unpaired) electrons. The van der Waals surface area contributed by atoms with Crippen molar-refractivity contribution in [1.82, 2.24) is 5.32 Å².